The molecule has 0 atom stereocenters. The number of ether oxygens (including phenoxy) is 3. The molecular formula is C25H27NO4. The Bertz CT molecular complexity index is 1000. The maximum Gasteiger partial charge on any atom is 0.255 e. The fourth-order valence-electron chi connectivity index (χ4n) is 3.05. The molecule has 156 valence electrons. The number of rotatable bonds is 9. The number of amides is 1. The van der Waals surface area contributed by atoms with E-state index in [1.54, 1.807) is 6.07 Å². The maximum absolute atomic E-state index is 12.9. The maximum atomic E-state index is 12.9. The van der Waals surface area contributed by atoms with Crippen LogP contribution in [0.2, 0.25) is 0 Å². The standard InChI is InChI=1S/C25H27NO4/c1-4-28-23-15-14-19(16-20(23)17-30-22-12-8-6-10-18(22)3)25(27)26-21-11-7-9-13-24(21)29-5-2/h6-16H,4-5,17H2,1-3H3,(H,26,27). The molecule has 5 heteroatoms. The Morgan fingerprint density at radius 3 is 2.20 bits per heavy atom. The van der Waals surface area contributed by atoms with Crippen LogP contribution >= 0.6 is 0 Å². The summed E-state index contributed by atoms with van der Waals surface area (Å²) in [5, 5.41) is 2.93. The Labute approximate surface area is 177 Å². The quantitative estimate of drug-likeness (QED) is 0.502. The number of aryl methyl sites for hydroxylation is 1. The third-order valence-corrected chi connectivity index (χ3v) is 4.53. The van der Waals surface area contributed by atoms with Crippen LogP contribution in [0.15, 0.2) is 66.7 Å². The fraction of sp³-hybridized carbons (Fsp3) is 0.240. The number of hydrogen-bond acceptors (Lipinski definition) is 4. The van der Waals surface area contributed by atoms with E-state index in [1.165, 1.54) is 0 Å². The molecule has 0 aliphatic rings. The van der Waals surface area contributed by atoms with E-state index in [2.05, 4.69) is 5.32 Å². The Morgan fingerprint density at radius 1 is 0.800 bits per heavy atom. The molecule has 0 heterocycles. The third-order valence-electron chi connectivity index (χ3n) is 4.53. The molecule has 0 aliphatic carbocycles. The third kappa shape index (κ3) is 5.32. The van der Waals surface area contributed by atoms with Crippen molar-refractivity contribution in [1.82, 2.24) is 0 Å². The van der Waals surface area contributed by atoms with Gasteiger partial charge in [-0.25, -0.2) is 0 Å². The zero-order valence-electron chi connectivity index (χ0n) is 17.6. The van der Waals surface area contributed by atoms with Gasteiger partial charge in [0.05, 0.1) is 18.9 Å². The van der Waals surface area contributed by atoms with E-state index in [-0.39, 0.29) is 5.91 Å². The molecule has 0 spiro atoms. The van der Waals surface area contributed by atoms with Crippen LogP contribution in [-0.2, 0) is 6.61 Å². The number of carbonyl (C=O) groups excluding carboxylic acids is 1. The number of benzene rings is 3. The van der Waals surface area contributed by atoms with Gasteiger partial charge < -0.3 is 19.5 Å². The number of carbonyl (C=O) groups is 1. The van der Waals surface area contributed by atoms with E-state index in [1.807, 2.05) is 81.4 Å². The molecule has 0 fully saturated rings. The predicted octanol–water partition coefficient (Wildman–Crippen LogP) is 5.62. The van der Waals surface area contributed by atoms with Crippen LogP contribution in [0.5, 0.6) is 17.2 Å². The van der Waals surface area contributed by atoms with Gasteiger partial charge in [0.1, 0.15) is 23.9 Å². The first-order valence-corrected chi connectivity index (χ1v) is 10.1. The molecule has 3 aromatic carbocycles. The minimum atomic E-state index is -0.220. The van der Waals surface area contributed by atoms with Gasteiger partial charge in [0.2, 0.25) is 0 Å². The van der Waals surface area contributed by atoms with Crippen LogP contribution in [0.3, 0.4) is 0 Å². The second-order valence-electron chi connectivity index (χ2n) is 6.69. The lowest BCUT2D eigenvalue weighted by Crippen LogP contribution is -2.14. The van der Waals surface area contributed by atoms with Gasteiger partial charge in [-0.1, -0.05) is 30.3 Å². The molecule has 0 aliphatic heterocycles. The average molecular weight is 405 g/mol. The second kappa shape index (κ2) is 10.3. The van der Waals surface area contributed by atoms with Gasteiger partial charge in [0.15, 0.2) is 0 Å². The lowest BCUT2D eigenvalue weighted by Gasteiger charge is -2.15. The fourth-order valence-corrected chi connectivity index (χ4v) is 3.05. The molecule has 1 amide bonds. The highest BCUT2D eigenvalue weighted by Crippen LogP contribution is 2.27. The molecule has 0 bridgehead atoms. The van der Waals surface area contributed by atoms with Gasteiger partial charge in [0.25, 0.3) is 5.91 Å². The van der Waals surface area contributed by atoms with Crippen molar-refractivity contribution in [1.29, 1.82) is 0 Å². The molecule has 0 radical (unpaired) electrons. The number of para-hydroxylation sites is 3. The van der Waals surface area contributed by atoms with Crippen molar-refractivity contribution in [2.75, 3.05) is 18.5 Å². The molecule has 3 rings (SSSR count). The Kier molecular flexibility index (Phi) is 7.33. The summed E-state index contributed by atoms with van der Waals surface area (Å²) in [5.41, 5.74) is 3.02. The highest BCUT2D eigenvalue weighted by atomic mass is 16.5. The van der Waals surface area contributed by atoms with Crippen molar-refractivity contribution in [3.63, 3.8) is 0 Å². The normalized spacial score (nSPS) is 10.4. The molecule has 0 saturated carbocycles. The largest absolute Gasteiger partial charge is 0.493 e. The summed E-state index contributed by atoms with van der Waals surface area (Å²) >= 11 is 0. The summed E-state index contributed by atoms with van der Waals surface area (Å²) in [6.45, 7) is 7.19. The zero-order chi connectivity index (χ0) is 21.3. The molecule has 0 saturated heterocycles. The van der Waals surface area contributed by atoms with Crippen molar-refractivity contribution in [2.45, 2.75) is 27.4 Å². The molecule has 5 nitrogen and oxygen atoms in total. The van der Waals surface area contributed by atoms with E-state index in [0.29, 0.717) is 42.6 Å². The first-order valence-electron chi connectivity index (χ1n) is 10.1. The summed E-state index contributed by atoms with van der Waals surface area (Å²) in [4.78, 5) is 12.9. The molecule has 30 heavy (non-hydrogen) atoms. The highest BCUT2D eigenvalue weighted by Gasteiger charge is 2.14. The monoisotopic (exact) mass is 405 g/mol. The Hall–Kier alpha value is -3.47. The summed E-state index contributed by atoms with van der Waals surface area (Å²) in [5.74, 6) is 1.93. The van der Waals surface area contributed by atoms with Crippen LogP contribution in [-0.4, -0.2) is 19.1 Å². The topological polar surface area (TPSA) is 56.8 Å². The number of hydrogen-bond donors (Lipinski definition) is 1. The van der Waals surface area contributed by atoms with Gasteiger partial charge in [0, 0.05) is 11.1 Å². The van der Waals surface area contributed by atoms with Crippen molar-refractivity contribution in [3.8, 4) is 17.2 Å². The van der Waals surface area contributed by atoms with Gasteiger partial charge in [-0.15, -0.1) is 0 Å². The second-order valence-corrected chi connectivity index (χ2v) is 6.69. The molecule has 0 aromatic heterocycles. The highest BCUT2D eigenvalue weighted by molar-refractivity contribution is 6.05. The van der Waals surface area contributed by atoms with Crippen molar-refractivity contribution >= 4 is 11.6 Å². The van der Waals surface area contributed by atoms with E-state index < -0.39 is 0 Å². The molecular weight excluding hydrogens is 378 g/mol. The van der Waals surface area contributed by atoms with Crippen LogP contribution < -0.4 is 19.5 Å². The van der Waals surface area contributed by atoms with Crippen molar-refractivity contribution in [3.05, 3.63) is 83.4 Å². The summed E-state index contributed by atoms with van der Waals surface area (Å²) in [6, 6.07) is 20.6. The van der Waals surface area contributed by atoms with Gasteiger partial charge in [-0.05, 0) is 62.7 Å². The first-order chi connectivity index (χ1) is 14.6. The lowest BCUT2D eigenvalue weighted by molar-refractivity contribution is 0.102. The van der Waals surface area contributed by atoms with Crippen molar-refractivity contribution < 1.29 is 19.0 Å². The van der Waals surface area contributed by atoms with Gasteiger partial charge in [-0.3, -0.25) is 4.79 Å². The van der Waals surface area contributed by atoms with E-state index in [9.17, 15) is 4.79 Å². The molecule has 1 N–H and O–H groups in total. The summed E-state index contributed by atoms with van der Waals surface area (Å²) < 4.78 is 17.3. The minimum absolute atomic E-state index is 0.220. The summed E-state index contributed by atoms with van der Waals surface area (Å²) in [6.07, 6.45) is 0. The Balaban J connectivity index is 1.81. The van der Waals surface area contributed by atoms with Crippen LogP contribution in [0.1, 0.15) is 35.3 Å². The zero-order valence-corrected chi connectivity index (χ0v) is 17.6. The Morgan fingerprint density at radius 2 is 1.47 bits per heavy atom. The smallest absolute Gasteiger partial charge is 0.255 e. The minimum Gasteiger partial charge on any atom is -0.493 e. The molecule has 3 aromatic rings. The average Bonchev–Trinajstić information content (AvgIpc) is 2.75. The van der Waals surface area contributed by atoms with Crippen LogP contribution in [0.25, 0.3) is 0 Å². The SMILES string of the molecule is CCOc1ccc(C(=O)Nc2ccccc2OCC)cc1COc1ccccc1C. The van der Waals surface area contributed by atoms with Crippen LogP contribution in [0, 0.1) is 6.92 Å². The molecule has 0 unspecified atom stereocenters. The first kappa shape index (κ1) is 21.2. The van der Waals surface area contributed by atoms with Crippen LogP contribution in [0.4, 0.5) is 5.69 Å². The van der Waals surface area contributed by atoms with Crippen molar-refractivity contribution in [2.24, 2.45) is 0 Å². The van der Waals surface area contributed by atoms with Gasteiger partial charge >= 0.3 is 0 Å². The van der Waals surface area contributed by atoms with E-state index in [0.717, 1.165) is 16.9 Å². The van der Waals surface area contributed by atoms with E-state index >= 15 is 0 Å². The van der Waals surface area contributed by atoms with E-state index in [4.69, 9.17) is 14.2 Å². The summed E-state index contributed by atoms with van der Waals surface area (Å²) in [7, 11) is 0. The predicted molar refractivity (Wildman–Crippen MR) is 119 cm³/mol. The lowest BCUT2D eigenvalue weighted by atomic mass is 10.1. The number of nitrogens with one attached hydrogen (secondary N) is 1. The van der Waals surface area contributed by atoms with Gasteiger partial charge in [-0.2, -0.15) is 0 Å². The number of anilines is 1.